The van der Waals surface area contributed by atoms with Gasteiger partial charge in [-0.25, -0.2) is 0 Å². The Kier molecular flexibility index (Phi) is 6.00. The van der Waals surface area contributed by atoms with E-state index in [4.69, 9.17) is 34.8 Å². The van der Waals surface area contributed by atoms with E-state index < -0.39 is 20.8 Å². The quantitative estimate of drug-likeness (QED) is 0.407. The molecule has 2 aliphatic rings. The predicted molar refractivity (Wildman–Crippen MR) is 118 cm³/mol. The Morgan fingerprint density at radius 1 is 1.13 bits per heavy atom. The second-order valence-corrected chi connectivity index (χ2v) is 10.2. The smallest absolute Gasteiger partial charge is 0.269 e. The number of aromatic nitrogens is 1. The van der Waals surface area contributed by atoms with Crippen LogP contribution in [0, 0.1) is 16.0 Å². The first kappa shape index (κ1) is 22.1. The highest BCUT2D eigenvalue weighted by molar-refractivity contribution is 6.68. The number of amides is 1. The highest BCUT2D eigenvalue weighted by Gasteiger charge is 2.44. The lowest BCUT2D eigenvalue weighted by atomic mass is 9.83. The molecule has 1 saturated heterocycles. The molecule has 3 heterocycles. The van der Waals surface area contributed by atoms with Crippen molar-refractivity contribution in [1.82, 2.24) is 14.8 Å². The average Bonchev–Trinajstić information content (AvgIpc) is 2.71. The van der Waals surface area contributed by atoms with Gasteiger partial charge in [0.05, 0.1) is 4.92 Å². The number of hydrogen-bond donors (Lipinski definition) is 1. The fourth-order valence-electron chi connectivity index (χ4n) is 4.47. The average molecular weight is 486 g/mol. The van der Waals surface area contributed by atoms with Crippen LogP contribution in [-0.2, 0) is 6.54 Å². The minimum absolute atomic E-state index is 0.0231. The number of nitro benzene ring substituents is 1. The maximum atomic E-state index is 12.8. The summed E-state index contributed by atoms with van der Waals surface area (Å²) < 4.78 is -0.00555. The number of rotatable bonds is 4. The number of carbonyl (C=O) groups is 1. The number of non-ortho nitro benzene ring substituents is 1. The van der Waals surface area contributed by atoms with Crippen LogP contribution in [-0.4, -0.2) is 43.3 Å². The van der Waals surface area contributed by atoms with Crippen molar-refractivity contribution in [2.75, 3.05) is 13.1 Å². The lowest BCUT2D eigenvalue weighted by molar-refractivity contribution is -0.384. The second kappa shape index (κ2) is 8.43. The zero-order valence-electron chi connectivity index (χ0n) is 16.2. The monoisotopic (exact) mass is 484 g/mol. The number of alkyl halides is 3. The van der Waals surface area contributed by atoms with E-state index >= 15 is 0 Å². The zero-order chi connectivity index (χ0) is 22.3. The molecule has 31 heavy (non-hydrogen) atoms. The summed E-state index contributed by atoms with van der Waals surface area (Å²) in [6, 6.07) is 10.4. The first-order valence-corrected chi connectivity index (χ1v) is 10.8. The molecule has 1 fully saturated rings. The predicted octanol–water partition coefficient (Wildman–Crippen LogP) is 3.30. The Morgan fingerprint density at radius 3 is 2.48 bits per heavy atom. The molecular formula is C20H19Cl3N4O4. The van der Waals surface area contributed by atoms with E-state index in [1.807, 2.05) is 11.0 Å². The van der Waals surface area contributed by atoms with Crippen LogP contribution < -0.4 is 10.9 Å². The topological polar surface area (TPSA) is 97.5 Å². The Labute approximate surface area is 192 Å². The van der Waals surface area contributed by atoms with Gasteiger partial charge in [0.1, 0.15) is 6.17 Å². The number of likely N-dealkylation sites (tertiary alicyclic amines) is 1. The van der Waals surface area contributed by atoms with Gasteiger partial charge in [0.15, 0.2) is 0 Å². The molecule has 0 radical (unpaired) electrons. The number of fused-ring (bicyclic) bond motifs is 4. The van der Waals surface area contributed by atoms with E-state index in [0.29, 0.717) is 19.6 Å². The Bertz CT molecular complexity index is 1070. The maximum Gasteiger partial charge on any atom is 0.269 e. The minimum Gasteiger partial charge on any atom is -0.332 e. The minimum atomic E-state index is -1.81. The van der Waals surface area contributed by atoms with Crippen molar-refractivity contribution < 1.29 is 9.72 Å². The summed E-state index contributed by atoms with van der Waals surface area (Å²) >= 11 is 18.7. The van der Waals surface area contributed by atoms with Gasteiger partial charge in [-0.15, -0.1) is 0 Å². The molecule has 0 saturated carbocycles. The van der Waals surface area contributed by atoms with E-state index in [0.717, 1.165) is 12.1 Å². The highest BCUT2D eigenvalue weighted by atomic mass is 35.6. The molecule has 2 unspecified atom stereocenters. The third-order valence-electron chi connectivity index (χ3n) is 5.79. The lowest BCUT2D eigenvalue weighted by Gasteiger charge is -2.47. The number of hydrogen-bond acceptors (Lipinski definition) is 5. The normalized spacial score (nSPS) is 21.8. The van der Waals surface area contributed by atoms with Crippen LogP contribution in [0.2, 0.25) is 0 Å². The SMILES string of the molecule is O=C(NC(N1CC2C[C@H](C1)Cn1c2cccc1=O)C(Cl)(Cl)Cl)c1ccc([N+](=O)[O-])cc1. The molecule has 11 heteroatoms. The molecule has 2 aromatic rings. The van der Waals surface area contributed by atoms with E-state index in [-0.39, 0.29) is 28.6 Å². The zero-order valence-corrected chi connectivity index (χ0v) is 18.5. The molecule has 1 aromatic carbocycles. The van der Waals surface area contributed by atoms with E-state index in [9.17, 15) is 19.7 Å². The summed E-state index contributed by atoms with van der Waals surface area (Å²) in [6.07, 6.45) is 0.00973. The van der Waals surface area contributed by atoms with Crippen molar-refractivity contribution >= 4 is 46.4 Å². The van der Waals surface area contributed by atoms with Gasteiger partial charge in [-0.05, 0) is 30.5 Å². The third-order valence-corrected chi connectivity index (χ3v) is 6.41. The number of piperidine rings is 1. The number of benzene rings is 1. The third kappa shape index (κ3) is 4.57. The molecule has 2 aliphatic heterocycles. The summed E-state index contributed by atoms with van der Waals surface area (Å²) in [5.41, 5.74) is 1.02. The maximum absolute atomic E-state index is 12.8. The van der Waals surface area contributed by atoms with Gasteiger partial charge >= 0.3 is 0 Å². The number of nitrogens with one attached hydrogen (secondary N) is 1. The fourth-order valence-corrected chi connectivity index (χ4v) is 5.04. The Balaban J connectivity index is 1.56. The van der Waals surface area contributed by atoms with Gasteiger partial charge in [0.2, 0.25) is 3.79 Å². The lowest BCUT2D eigenvalue weighted by Crippen LogP contribution is -2.60. The molecule has 164 valence electrons. The van der Waals surface area contributed by atoms with Crippen LogP contribution in [0.5, 0.6) is 0 Å². The number of carbonyl (C=O) groups excluding carboxylic acids is 1. The second-order valence-electron chi connectivity index (χ2n) is 7.87. The fraction of sp³-hybridized carbons (Fsp3) is 0.400. The van der Waals surface area contributed by atoms with Gasteiger partial charge in [-0.2, -0.15) is 0 Å². The van der Waals surface area contributed by atoms with Gasteiger partial charge in [-0.3, -0.25) is 24.6 Å². The van der Waals surface area contributed by atoms with Crippen molar-refractivity contribution in [2.24, 2.45) is 5.92 Å². The van der Waals surface area contributed by atoms with Crippen LogP contribution in [0.3, 0.4) is 0 Å². The molecule has 2 bridgehead atoms. The van der Waals surface area contributed by atoms with Crippen LogP contribution >= 0.6 is 34.8 Å². The van der Waals surface area contributed by atoms with Gasteiger partial charge in [-0.1, -0.05) is 40.9 Å². The van der Waals surface area contributed by atoms with Gasteiger partial charge in [0.25, 0.3) is 17.2 Å². The Morgan fingerprint density at radius 2 is 1.84 bits per heavy atom. The van der Waals surface area contributed by atoms with Crippen molar-refractivity contribution in [3.63, 3.8) is 0 Å². The Hall–Kier alpha value is -2.13. The number of halogens is 3. The molecule has 1 amide bonds. The van der Waals surface area contributed by atoms with E-state index in [1.165, 1.54) is 24.3 Å². The summed E-state index contributed by atoms with van der Waals surface area (Å²) in [7, 11) is 0. The molecule has 8 nitrogen and oxygen atoms in total. The van der Waals surface area contributed by atoms with Gasteiger partial charge in [0, 0.05) is 55.0 Å². The van der Waals surface area contributed by atoms with Crippen molar-refractivity contribution in [3.8, 4) is 0 Å². The molecular weight excluding hydrogens is 467 g/mol. The van der Waals surface area contributed by atoms with Crippen LogP contribution in [0.1, 0.15) is 28.4 Å². The van der Waals surface area contributed by atoms with Crippen LogP contribution in [0.25, 0.3) is 0 Å². The number of nitrogens with zero attached hydrogens (tertiary/aromatic N) is 3. The first-order valence-electron chi connectivity index (χ1n) is 9.69. The van der Waals surface area contributed by atoms with E-state index in [2.05, 4.69) is 5.32 Å². The van der Waals surface area contributed by atoms with Crippen molar-refractivity contribution in [3.05, 3.63) is 74.2 Å². The standard InChI is InChI=1S/C20H19Cl3N4O4/c21-20(22,23)19(24-18(29)13-4-6-15(7-5-13)27(30)31)25-9-12-8-14(11-25)16-2-1-3-17(28)26(16)10-12/h1-7,12,14,19H,8-11H2,(H,24,29)/t12-,14?,19?/m1/s1. The van der Waals surface area contributed by atoms with Gasteiger partial charge < -0.3 is 9.88 Å². The van der Waals surface area contributed by atoms with Crippen LogP contribution in [0.15, 0.2) is 47.3 Å². The molecule has 0 aliphatic carbocycles. The molecule has 3 atom stereocenters. The summed E-state index contributed by atoms with van der Waals surface area (Å²) in [4.78, 5) is 37.2. The summed E-state index contributed by atoms with van der Waals surface area (Å²) in [6.45, 7) is 1.64. The first-order chi connectivity index (χ1) is 14.6. The number of pyridine rings is 1. The molecule has 1 aromatic heterocycles. The highest BCUT2D eigenvalue weighted by Crippen LogP contribution is 2.40. The van der Waals surface area contributed by atoms with Crippen molar-refractivity contribution in [1.29, 1.82) is 0 Å². The van der Waals surface area contributed by atoms with E-state index in [1.54, 1.807) is 16.7 Å². The van der Waals surface area contributed by atoms with Crippen LogP contribution in [0.4, 0.5) is 5.69 Å². The molecule has 4 rings (SSSR count). The molecule has 0 spiro atoms. The molecule has 1 N–H and O–H groups in total. The number of nitro groups is 1. The summed E-state index contributed by atoms with van der Waals surface area (Å²) in [5.74, 6) is -0.247. The largest absolute Gasteiger partial charge is 0.332 e. The summed E-state index contributed by atoms with van der Waals surface area (Å²) in [5, 5.41) is 13.6. The van der Waals surface area contributed by atoms with Crippen molar-refractivity contribution in [2.45, 2.75) is 28.8 Å².